The van der Waals surface area contributed by atoms with Crippen molar-refractivity contribution in [2.45, 2.75) is 37.6 Å². The summed E-state index contributed by atoms with van der Waals surface area (Å²) in [6.07, 6.45) is 6.72. The first-order chi connectivity index (χ1) is 9.72. The Kier molecular flexibility index (Phi) is 3.44. The Balaban J connectivity index is 1.80. The third-order valence-corrected chi connectivity index (χ3v) is 4.20. The Morgan fingerprint density at radius 2 is 2.15 bits per heavy atom. The van der Waals surface area contributed by atoms with Gasteiger partial charge in [-0.25, -0.2) is 0 Å². The van der Waals surface area contributed by atoms with Crippen molar-refractivity contribution in [1.29, 1.82) is 0 Å². The quantitative estimate of drug-likeness (QED) is 0.800. The molecule has 1 heterocycles. The van der Waals surface area contributed by atoms with E-state index < -0.39 is 5.54 Å². The van der Waals surface area contributed by atoms with Crippen molar-refractivity contribution in [2.75, 3.05) is 6.61 Å². The molecule has 0 aliphatic heterocycles. The molecule has 0 spiro atoms. The maximum Gasteiger partial charge on any atom is 0.251 e. The molecule has 5 heteroatoms. The predicted octanol–water partition coefficient (Wildman–Crippen LogP) is 1.99. The van der Waals surface area contributed by atoms with E-state index in [-0.39, 0.29) is 12.5 Å². The number of nitrogens with one attached hydrogen (secondary N) is 2. The largest absolute Gasteiger partial charge is 0.394 e. The number of carbonyl (C=O) groups excluding carboxylic acids is 1. The van der Waals surface area contributed by atoms with Gasteiger partial charge in [0.2, 0.25) is 0 Å². The van der Waals surface area contributed by atoms with E-state index in [1.165, 1.54) is 6.42 Å². The number of benzene rings is 1. The second-order valence-electron chi connectivity index (χ2n) is 5.63. The van der Waals surface area contributed by atoms with Crippen molar-refractivity contribution >= 4 is 16.8 Å². The van der Waals surface area contributed by atoms with Gasteiger partial charge in [-0.15, -0.1) is 0 Å². The highest BCUT2D eigenvalue weighted by molar-refractivity contribution is 5.98. The maximum atomic E-state index is 12.4. The lowest BCUT2D eigenvalue weighted by atomic mass is 9.82. The van der Waals surface area contributed by atoms with Crippen molar-refractivity contribution in [3.05, 3.63) is 30.0 Å². The smallest absolute Gasteiger partial charge is 0.251 e. The average Bonchev–Trinajstić information content (AvgIpc) is 2.95. The summed E-state index contributed by atoms with van der Waals surface area (Å²) in [6.45, 7) is 0.00500. The van der Waals surface area contributed by atoms with Crippen molar-refractivity contribution in [2.24, 2.45) is 0 Å². The summed E-state index contributed by atoms with van der Waals surface area (Å²) in [6, 6.07) is 5.47. The number of hydrogen-bond donors (Lipinski definition) is 3. The Labute approximate surface area is 117 Å². The molecular weight excluding hydrogens is 254 g/mol. The van der Waals surface area contributed by atoms with Gasteiger partial charge in [-0.3, -0.25) is 9.89 Å². The highest BCUT2D eigenvalue weighted by Crippen LogP contribution is 2.28. The van der Waals surface area contributed by atoms with Gasteiger partial charge in [0.15, 0.2) is 0 Å². The molecule has 0 saturated heterocycles. The third kappa shape index (κ3) is 2.41. The molecule has 1 aliphatic rings. The lowest BCUT2D eigenvalue weighted by molar-refractivity contribution is 0.0758. The van der Waals surface area contributed by atoms with Gasteiger partial charge in [0, 0.05) is 10.9 Å². The van der Waals surface area contributed by atoms with Gasteiger partial charge in [0.1, 0.15) is 0 Å². The third-order valence-electron chi connectivity index (χ3n) is 4.20. The van der Waals surface area contributed by atoms with Crippen LogP contribution in [0.15, 0.2) is 24.4 Å². The Hall–Kier alpha value is -1.88. The predicted molar refractivity (Wildman–Crippen MR) is 76.5 cm³/mol. The van der Waals surface area contributed by atoms with E-state index in [1.54, 1.807) is 18.3 Å². The van der Waals surface area contributed by atoms with Gasteiger partial charge in [0.25, 0.3) is 5.91 Å². The molecule has 1 saturated carbocycles. The van der Waals surface area contributed by atoms with Gasteiger partial charge in [0.05, 0.1) is 23.9 Å². The molecule has 0 radical (unpaired) electrons. The van der Waals surface area contributed by atoms with Crippen LogP contribution in [-0.2, 0) is 0 Å². The first kappa shape index (κ1) is 13.1. The number of aromatic amines is 1. The molecule has 0 unspecified atom stereocenters. The lowest BCUT2D eigenvalue weighted by Crippen LogP contribution is -2.52. The number of nitrogens with zero attached hydrogens (tertiary/aromatic N) is 1. The van der Waals surface area contributed by atoms with E-state index in [2.05, 4.69) is 15.5 Å². The monoisotopic (exact) mass is 273 g/mol. The minimum Gasteiger partial charge on any atom is -0.394 e. The number of aliphatic hydroxyl groups is 1. The van der Waals surface area contributed by atoms with Crippen LogP contribution in [-0.4, -0.2) is 33.4 Å². The maximum absolute atomic E-state index is 12.4. The van der Waals surface area contributed by atoms with Crippen molar-refractivity contribution in [3.63, 3.8) is 0 Å². The summed E-state index contributed by atoms with van der Waals surface area (Å²) in [7, 11) is 0. The SMILES string of the molecule is O=C(NC1(CO)CCCCC1)c1ccc2cn[nH]c2c1. The van der Waals surface area contributed by atoms with Crippen LogP contribution in [0.3, 0.4) is 0 Å². The number of H-pyrrole nitrogens is 1. The normalized spacial score (nSPS) is 18.1. The van der Waals surface area contributed by atoms with Gasteiger partial charge in [-0.1, -0.05) is 25.3 Å². The molecule has 5 nitrogen and oxygen atoms in total. The number of rotatable bonds is 3. The summed E-state index contributed by atoms with van der Waals surface area (Å²) in [5, 5.41) is 20.5. The fourth-order valence-corrected chi connectivity index (χ4v) is 2.94. The fraction of sp³-hybridized carbons (Fsp3) is 0.467. The molecular formula is C15H19N3O2. The molecule has 106 valence electrons. The zero-order valence-electron chi connectivity index (χ0n) is 11.4. The number of fused-ring (bicyclic) bond motifs is 1. The highest BCUT2D eigenvalue weighted by Gasteiger charge is 2.33. The first-order valence-corrected chi connectivity index (χ1v) is 7.09. The Morgan fingerprint density at radius 3 is 2.90 bits per heavy atom. The second-order valence-corrected chi connectivity index (χ2v) is 5.63. The fourth-order valence-electron chi connectivity index (χ4n) is 2.94. The zero-order valence-corrected chi connectivity index (χ0v) is 11.4. The summed E-state index contributed by atoms with van der Waals surface area (Å²) in [5.74, 6) is -0.127. The molecule has 0 bridgehead atoms. The van der Waals surface area contributed by atoms with E-state index in [0.717, 1.165) is 36.6 Å². The lowest BCUT2D eigenvalue weighted by Gasteiger charge is -2.36. The van der Waals surface area contributed by atoms with Gasteiger partial charge >= 0.3 is 0 Å². The van der Waals surface area contributed by atoms with Gasteiger partial charge in [-0.2, -0.15) is 5.10 Å². The molecule has 1 aromatic heterocycles. The minimum absolute atomic E-state index is 0.00500. The van der Waals surface area contributed by atoms with Crippen LogP contribution < -0.4 is 5.32 Å². The Bertz CT molecular complexity index is 614. The van der Waals surface area contributed by atoms with Crippen molar-refractivity contribution < 1.29 is 9.90 Å². The topological polar surface area (TPSA) is 78.0 Å². The van der Waals surface area contributed by atoms with Crippen LogP contribution >= 0.6 is 0 Å². The number of amides is 1. The summed E-state index contributed by atoms with van der Waals surface area (Å²) >= 11 is 0. The Morgan fingerprint density at radius 1 is 1.35 bits per heavy atom. The van der Waals surface area contributed by atoms with Crippen LogP contribution in [0.1, 0.15) is 42.5 Å². The summed E-state index contributed by atoms with van der Waals surface area (Å²) < 4.78 is 0. The van der Waals surface area contributed by atoms with E-state index in [9.17, 15) is 9.90 Å². The molecule has 3 rings (SSSR count). The molecule has 3 N–H and O–H groups in total. The molecule has 1 amide bonds. The number of carbonyl (C=O) groups is 1. The van der Waals surface area contributed by atoms with E-state index in [4.69, 9.17) is 0 Å². The number of hydrogen-bond acceptors (Lipinski definition) is 3. The molecule has 1 fully saturated rings. The number of aromatic nitrogens is 2. The van der Waals surface area contributed by atoms with E-state index in [1.807, 2.05) is 6.07 Å². The molecule has 20 heavy (non-hydrogen) atoms. The molecule has 1 aromatic carbocycles. The van der Waals surface area contributed by atoms with Gasteiger partial charge < -0.3 is 10.4 Å². The van der Waals surface area contributed by atoms with Crippen LogP contribution in [0.5, 0.6) is 0 Å². The number of aliphatic hydroxyl groups excluding tert-OH is 1. The summed E-state index contributed by atoms with van der Waals surface area (Å²) in [5.41, 5.74) is 0.998. The zero-order chi connectivity index (χ0) is 14.0. The standard InChI is InChI=1S/C15H19N3O2/c19-10-15(6-2-1-3-7-15)17-14(20)11-4-5-12-9-16-18-13(12)8-11/h4-5,8-9,19H,1-3,6-7,10H2,(H,16,18)(H,17,20). The van der Waals surface area contributed by atoms with E-state index in [0.29, 0.717) is 5.56 Å². The molecule has 0 atom stereocenters. The molecule has 2 aromatic rings. The van der Waals surface area contributed by atoms with Crippen LogP contribution in [0.2, 0.25) is 0 Å². The minimum atomic E-state index is -0.446. The van der Waals surface area contributed by atoms with Crippen LogP contribution in [0.25, 0.3) is 10.9 Å². The first-order valence-electron chi connectivity index (χ1n) is 7.09. The van der Waals surface area contributed by atoms with Gasteiger partial charge in [-0.05, 0) is 25.0 Å². The highest BCUT2D eigenvalue weighted by atomic mass is 16.3. The van der Waals surface area contributed by atoms with E-state index >= 15 is 0 Å². The van der Waals surface area contributed by atoms with Crippen LogP contribution in [0, 0.1) is 0 Å². The van der Waals surface area contributed by atoms with Crippen molar-refractivity contribution in [3.8, 4) is 0 Å². The molecule has 1 aliphatic carbocycles. The van der Waals surface area contributed by atoms with Crippen LogP contribution in [0.4, 0.5) is 0 Å². The second kappa shape index (κ2) is 5.25. The average molecular weight is 273 g/mol. The summed E-state index contributed by atoms with van der Waals surface area (Å²) in [4.78, 5) is 12.4. The van der Waals surface area contributed by atoms with Crippen molar-refractivity contribution in [1.82, 2.24) is 15.5 Å².